The first-order chi connectivity index (χ1) is 12.4. The molecule has 0 aliphatic rings. The number of hydrogen-bond acceptors (Lipinski definition) is 5. The molecule has 1 amide bonds. The van der Waals surface area contributed by atoms with Crippen molar-refractivity contribution in [1.29, 1.82) is 0 Å². The van der Waals surface area contributed by atoms with Gasteiger partial charge >= 0.3 is 13.9 Å². The molecule has 0 aromatic heterocycles. The number of nitrogens with one attached hydrogen (secondary N) is 2. The average Bonchev–Trinajstić information content (AvgIpc) is 2.60. The van der Waals surface area contributed by atoms with Crippen molar-refractivity contribution in [2.75, 3.05) is 20.6 Å². The van der Waals surface area contributed by atoms with E-state index in [1.165, 1.54) is 14.2 Å². The van der Waals surface area contributed by atoms with Gasteiger partial charge in [0.15, 0.2) is 0 Å². The Labute approximate surface area is 155 Å². The van der Waals surface area contributed by atoms with Crippen molar-refractivity contribution in [2.45, 2.75) is 38.8 Å². The quantitative estimate of drug-likeness (QED) is 0.450. The van der Waals surface area contributed by atoms with Crippen LogP contribution in [0, 0.1) is 5.92 Å². The molecule has 1 aromatic carbocycles. The van der Waals surface area contributed by atoms with Gasteiger partial charge in [0.2, 0.25) is 5.91 Å². The van der Waals surface area contributed by atoms with Crippen LogP contribution in [-0.4, -0.2) is 44.5 Å². The molecule has 26 heavy (non-hydrogen) atoms. The molecule has 1 unspecified atom stereocenters. The van der Waals surface area contributed by atoms with Crippen molar-refractivity contribution in [2.24, 2.45) is 5.92 Å². The molecule has 1 rings (SSSR count). The Morgan fingerprint density at radius 3 is 2.31 bits per heavy atom. The first-order valence-corrected chi connectivity index (χ1v) is 9.93. The molecule has 8 heteroatoms. The van der Waals surface area contributed by atoms with Crippen molar-refractivity contribution in [3.05, 3.63) is 35.9 Å². The van der Waals surface area contributed by atoms with E-state index in [0.717, 1.165) is 5.56 Å². The lowest BCUT2D eigenvalue weighted by molar-refractivity contribution is -0.145. The summed E-state index contributed by atoms with van der Waals surface area (Å²) in [5.41, 5.74) is 0.916. The highest BCUT2D eigenvalue weighted by atomic mass is 31.1. The number of carbonyl (C=O) groups excluding carboxylic acids is 2. The minimum Gasteiger partial charge on any atom is -0.467 e. The minimum atomic E-state index is -1.91. The fourth-order valence-electron chi connectivity index (χ4n) is 2.48. The second-order valence-electron chi connectivity index (χ2n) is 6.38. The predicted octanol–water partition coefficient (Wildman–Crippen LogP) is 2.24. The maximum Gasteiger partial charge on any atom is 0.461 e. The summed E-state index contributed by atoms with van der Waals surface area (Å²) in [6.45, 7) is 3.91. The number of hydrogen-bond donors (Lipinski definition) is 2. The summed E-state index contributed by atoms with van der Waals surface area (Å²) in [6.07, 6.45) is 0.800. The maximum atomic E-state index is 12.7. The van der Waals surface area contributed by atoms with Gasteiger partial charge in [0.05, 0.1) is 7.11 Å². The van der Waals surface area contributed by atoms with Crippen molar-refractivity contribution >= 4 is 19.8 Å². The summed E-state index contributed by atoms with van der Waals surface area (Å²) in [5, 5.41) is 5.52. The Hall–Kier alpha value is -1.82. The maximum absolute atomic E-state index is 12.7. The summed E-state index contributed by atoms with van der Waals surface area (Å²) in [7, 11) is 0.822. The number of benzene rings is 1. The van der Waals surface area contributed by atoms with E-state index in [2.05, 4.69) is 10.4 Å². The van der Waals surface area contributed by atoms with Crippen LogP contribution in [0.4, 0.5) is 0 Å². The molecule has 7 nitrogen and oxygen atoms in total. The monoisotopic (exact) mass is 383 g/mol. The molecule has 1 aromatic rings. The third kappa shape index (κ3) is 8.04. The lowest BCUT2D eigenvalue weighted by Gasteiger charge is -2.21. The summed E-state index contributed by atoms with van der Waals surface area (Å²) in [5.74, 6) is -0.693. The third-order valence-electron chi connectivity index (χ3n) is 3.65. The number of methoxy groups -OCH3 is 2. The highest BCUT2D eigenvalue weighted by Gasteiger charge is 2.31. The number of carbonyl (C=O) groups is 2. The number of rotatable bonds is 11. The smallest absolute Gasteiger partial charge is 0.461 e. The second-order valence-corrected chi connectivity index (χ2v) is 7.65. The fourth-order valence-corrected chi connectivity index (χ4v) is 3.34. The average molecular weight is 383 g/mol. The summed E-state index contributed by atoms with van der Waals surface area (Å²) in [4.78, 5) is 24.7. The molecule has 0 saturated carbocycles. The van der Waals surface area contributed by atoms with E-state index >= 15 is 0 Å². The molecule has 0 aliphatic carbocycles. The minimum absolute atomic E-state index is 0.000325. The van der Waals surface area contributed by atoms with Gasteiger partial charge in [-0.15, -0.1) is 0 Å². The van der Waals surface area contributed by atoms with Gasteiger partial charge in [-0.25, -0.2) is 4.79 Å². The molecule has 0 radical (unpaired) electrons. The second kappa shape index (κ2) is 11.7. The lowest BCUT2D eigenvalue weighted by atomic mass is 10.0. The first-order valence-electron chi connectivity index (χ1n) is 8.49. The van der Waals surface area contributed by atoms with Gasteiger partial charge < -0.3 is 14.8 Å². The number of amides is 1. The van der Waals surface area contributed by atoms with Crippen LogP contribution in [0.15, 0.2) is 30.3 Å². The number of ether oxygens (including phenoxy) is 2. The van der Waals surface area contributed by atoms with Crippen LogP contribution < -0.4 is 10.4 Å². The zero-order valence-electron chi connectivity index (χ0n) is 15.7. The largest absolute Gasteiger partial charge is 0.467 e. The van der Waals surface area contributed by atoms with Gasteiger partial charge in [-0.1, -0.05) is 49.3 Å². The van der Waals surface area contributed by atoms with Crippen LogP contribution in [0.5, 0.6) is 0 Å². The van der Waals surface area contributed by atoms with Crippen LogP contribution in [-0.2, 0) is 30.0 Å². The van der Waals surface area contributed by atoms with Gasteiger partial charge in [-0.2, -0.15) is 0 Å². The molecule has 0 spiro atoms. The first kappa shape index (κ1) is 22.2. The Kier molecular flexibility index (Phi) is 10.0. The molecule has 3 atom stereocenters. The zero-order valence-corrected chi connectivity index (χ0v) is 16.6. The molecule has 0 heterocycles. The van der Waals surface area contributed by atoms with E-state index in [9.17, 15) is 14.2 Å². The normalized spacial score (nSPS) is 13.8. The van der Waals surface area contributed by atoms with E-state index in [1.54, 1.807) is 0 Å². The Bertz CT molecular complexity index is 595. The third-order valence-corrected chi connectivity index (χ3v) is 4.75. The summed E-state index contributed by atoms with van der Waals surface area (Å²) in [6, 6.07) is 7.90. The van der Waals surface area contributed by atoms with Crippen LogP contribution >= 0.6 is 7.95 Å². The van der Waals surface area contributed by atoms with Crippen LogP contribution in [0.1, 0.15) is 25.8 Å². The standard InChI is InChI=1S/C18H27N2O5P/c1-13(2)10-16(18(22)25-4)19-17(21)15(20-26(23)12-24-3)11-14-8-6-5-7-9-14/h5-9,13,15-16H,10-12H2,1-4H3,(H-,19,20,21,23)/p+1/t15-,16-/m0/s1. The SMILES string of the molecule is COC[P+](=O)N[C@@H](Cc1ccccc1)C(=O)N[C@@H](CC(C)C)C(=O)OC. The highest BCUT2D eigenvalue weighted by Crippen LogP contribution is 2.17. The highest BCUT2D eigenvalue weighted by molar-refractivity contribution is 7.42. The van der Waals surface area contributed by atoms with Crippen molar-refractivity contribution in [3.63, 3.8) is 0 Å². The summed E-state index contributed by atoms with van der Waals surface area (Å²) >= 11 is 0. The Morgan fingerprint density at radius 1 is 1.12 bits per heavy atom. The van der Waals surface area contributed by atoms with Gasteiger partial charge in [0, 0.05) is 13.5 Å². The van der Waals surface area contributed by atoms with Crippen molar-refractivity contribution < 1.29 is 23.6 Å². The summed E-state index contributed by atoms with van der Waals surface area (Å²) < 4.78 is 21.7. The van der Waals surface area contributed by atoms with Gasteiger partial charge in [-0.3, -0.25) is 4.79 Å². The van der Waals surface area contributed by atoms with E-state index in [4.69, 9.17) is 9.47 Å². The zero-order chi connectivity index (χ0) is 19.5. The van der Waals surface area contributed by atoms with E-state index in [-0.39, 0.29) is 12.3 Å². The van der Waals surface area contributed by atoms with E-state index in [0.29, 0.717) is 12.8 Å². The molecule has 0 saturated heterocycles. The topological polar surface area (TPSA) is 93.7 Å². The van der Waals surface area contributed by atoms with Gasteiger partial charge in [0.25, 0.3) is 6.35 Å². The van der Waals surface area contributed by atoms with Crippen LogP contribution in [0.3, 0.4) is 0 Å². The van der Waals surface area contributed by atoms with Gasteiger partial charge in [-0.05, 0) is 22.5 Å². The lowest BCUT2D eigenvalue weighted by Crippen LogP contribution is -2.50. The molecule has 0 aliphatic heterocycles. The van der Waals surface area contributed by atoms with Gasteiger partial charge in [0.1, 0.15) is 12.1 Å². The van der Waals surface area contributed by atoms with Crippen LogP contribution in [0.2, 0.25) is 0 Å². The molecule has 0 fully saturated rings. The molecule has 144 valence electrons. The molecular formula is C18H28N2O5P+. The molecule has 2 N–H and O–H groups in total. The molecular weight excluding hydrogens is 355 g/mol. The van der Waals surface area contributed by atoms with Crippen molar-refractivity contribution in [1.82, 2.24) is 10.4 Å². The van der Waals surface area contributed by atoms with E-state index in [1.807, 2.05) is 44.2 Å². The van der Waals surface area contributed by atoms with Crippen LogP contribution in [0.25, 0.3) is 0 Å². The number of esters is 1. The fraction of sp³-hybridized carbons (Fsp3) is 0.556. The van der Waals surface area contributed by atoms with E-state index < -0.39 is 31.9 Å². The van der Waals surface area contributed by atoms with Crippen molar-refractivity contribution in [3.8, 4) is 0 Å². The molecule has 0 bridgehead atoms. The Morgan fingerprint density at radius 2 is 1.77 bits per heavy atom. The predicted molar refractivity (Wildman–Crippen MR) is 100.0 cm³/mol. The Balaban J connectivity index is 2.89.